The van der Waals surface area contributed by atoms with Gasteiger partial charge in [0.05, 0.1) is 17.7 Å². The van der Waals surface area contributed by atoms with E-state index in [2.05, 4.69) is 31.9 Å². The maximum atomic E-state index is 14.0. The Kier molecular flexibility index (Phi) is 7.40. The van der Waals surface area contributed by atoms with Gasteiger partial charge in [-0.1, -0.05) is 22.0 Å². The average Bonchev–Trinajstić information content (AvgIpc) is 3.14. The highest BCUT2D eigenvalue weighted by Gasteiger charge is 2.32. The molecule has 1 aliphatic heterocycles. The molecule has 2 aromatic carbocycles. The second-order valence-electron chi connectivity index (χ2n) is 7.53. The molecule has 1 saturated heterocycles. The van der Waals surface area contributed by atoms with Crippen molar-refractivity contribution in [2.24, 2.45) is 0 Å². The van der Waals surface area contributed by atoms with Crippen LogP contribution < -0.4 is 21.7 Å². The van der Waals surface area contributed by atoms with E-state index in [-0.39, 0.29) is 29.2 Å². The number of nitrogens with two attached hydrogens (primary N) is 1. The maximum absolute atomic E-state index is 14.0. The van der Waals surface area contributed by atoms with Crippen LogP contribution in [0.5, 0.6) is 0 Å². The number of nitrogen functional groups attached to an aromatic ring is 1. The molecule has 2 atom stereocenters. The zero-order valence-electron chi connectivity index (χ0n) is 16.7. The third kappa shape index (κ3) is 6.19. The summed E-state index contributed by atoms with van der Waals surface area (Å²) in [6.45, 7) is 0.0557. The smallest absolute Gasteiger partial charge is 0.398 e. The Hall–Kier alpha value is -2.66. The van der Waals surface area contributed by atoms with E-state index in [1.165, 1.54) is 6.07 Å². The van der Waals surface area contributed by atoms with Crippen LogP contribution in [0.15, 0.2) is 40.9 Å². The quantitative estimate of drug-likeness (QED) is 0.350. The standard InChI is InChI=1S/C21H21BrF4N4O2/c22-13-3-1-11(17(23)7-13)5-14-8-15(9-28-14)30-19(31)10-29-20(32)16-6-12(21(24,25)26)2-4-18(16)27/h1-4,6-7,14-15,28H,5,8-10,27H2,(H,29,32)(H,30,31). The van der Waals surface area contributed by atoms with E-state index in [0.29, 0.717) is 35.5 Å². The van der Waals surface area contributed by atoms with Crippen LogP contribution in [0, 0.1) is 5.82 Å². The number of rotatable bonds is 6. The Labute approximate surface area is 190 Å². The van der Waals surface area contributed by atoms with Crippen molar-refractivity contribution < 1.29 is 27.2 Å². The molecule has 11 heteroatoms. The van der Waals surface area contributed by atoms with Crippen LogP contribution in [-0.4, -0.2) is 37.0 Å². The minimum Gasteiger partial charge on any atom is -0.398 e. The molecule has 0 bridgehead atoms. The number of halogens is 5. The first kappa shape index (κ1) is 24.0. The fraction of sp³-hybridized carbons (Fsp3) is 0.333. The lowest BCUT2D eigenvalue weighted by molar-refractivity contribution is -0.137. The van der Waals surface area contributed by atoms with Gasteiger partial charge in [0.1, 0.15) is 5.82 Å². The molecule has 5 N–H and O–H groups in total. The number of carbonyl (C=O) groups excluding carboxylic acids is 2. The molecule has 1 fully saturated rings. The summed E-state index contributed by atoms with van der Waals surface area (Å²) in [5.41, 5.74) is 4.67. The van der Waals surface area contributed by atoms with E-state index in [1.807, 2.05) is 0 Å². The molecular weight excluding hydrogens is 496 g/mol. The first-order valence-electron chi connectivity index (χ1n) is 9.74. The number of benzene rings is 2. The predicted octanol–water partition coefficient (Wildman–Crippen LogP) is 3.01. The second kappa shape index (κ2) is 9.86. The van der Waals surface area contributed by atoms with Crippen LogP contribution in [0.25, 0.3) is 0 Å². The van der Waals surface area contributed by atoms with Gasteiger partial charge in [-0.05, 0) is 48.7 Å². The van der Waals surface area contributed by atoms with Gasteiger partial charge in [0.15, 0.2) is 0 Å². The molecule has 1 aliphatic rings. The number of alkyl halides is 3. The summed E-state index contributed by atoms with van der Waals surface area (Å²) in [5, 5.41) is 8.25. The number of anilines is 1. The van der Waals surface area contributed by atoms with Crippen molar-refractivity contribution in [2.75, 3.05) is 18.8 Å². The van der Waals surface area contributed by atoms with E-state index in [0.717, 1.165) is 12.1 Å². The van der Waals surface area contributed by atoms with E-state index in [1.54, 1.807) is 12.1 Å². The van der Waals surface area contributed by atoms with Crippen LogP contribution in [0.4, 0.5) is 23.2 Å². The van der Waals surface area contributed by atoms with E-state index in [9.17, 15) is 27.2 Å². The Bertz CT molecular complexity index is 1020. The Balaban J connectivity index is 1.49. The summed E-state index contributed by atoms with van der Waals surface area (Å²) < 4.78 is 53.2. The molecule has 0 saturated carbocycles. The highest BCUT2D eigenvalue weighted by Crippen LogP contribution is 2.31. The number of nitrogens with one attached hydrogen (secondary N) is 3. The Morgan fingerprint density at radius 3 is 2.62 bits per heavy atom. The minimum absolute atomic E-state index is 0.0320. The lowest BCUT2D eigenvalue weighted by atomic mass is 10.0. The molecule has 2 aromatic rings. The zero-order valence-corrected chi connectivity index (χ0v) is 18.3. The van der Waals surface area contributed by atoms with Crippen molar-refractivity contribution in [3.63, 3.8) is 0 Å². The predicted molar refractivity (Wildman–Crippen MR) is 114 cm³/mol. The molecular formula is C21H21BrF4N4O2. The fourth-order valence-electron chi connectivity index (χ4n) is 3.50. The molecule has 32 heavy (non-hydrogen) atoms. The van der Waals surface area contributed by atoms with Crippen molar-refractivity contribution in [2.45, 2.75) is 31.1 Å². The van der Waals surface area contributed by atoms with Gasteiger partial charge >= 0.3 is 6.18 Å². The monoisotopic (exact) mass is 516 g/mol. The normalized spacial score (nSPS) is 18.4. The molecule has 0 aromatic heterocycles. The summed E-state index contributed by atoms with van der Waals surface area (Å²) in [5.74, 6) is -1.69. The summed E-state index contributed by atoms with van der Waals surface area (Å²) in [6.07, 6.45) is -3.60. The van der Waals surface area contributed by atoms with Gasteiger partial charge in [-0.2, -0.15) is 13.2 Å². The van der Waals surface area contributed by atoms with Crippen LogP contribution >= 0.6 is 15.9 Å². The van der Waals surface area contributed by atoms with Crippen LogP contribution in [0.2, 0.25) is 0 Å². The first-order valence-corrected chi connectivity index (χ1v) is 10.5. The third-order valence-electron chi connectivity index (χ3n) is 5.10. The van der Waals surface area contributed by atoms with E-state index in [4.69, 9.17) is 5.73 Å². The van der Waals surface area contributed by atoms with Gasteiger partial charge in [-0.25, -0.2) is 4.39 Å². The molecule has 6 nitrogen and oxygen atoms in total. The fourth-order valence-corrected chi connectivity index (χ4v) is 3.83. The van der Waals surface area contributed by atoms with Crippen LogP contribution in [0.3, 0.4) is 0 Å². The molecule has 1 heterocycles. The zero-order chi connectivity index (χ0) is 23.5. The molecule has 2 unspecified atom stereocenters. The Morgan fingerprint density at radius 2 is 1.94 bits per heavy atom. The number of amides is 2. The van der Waals surface area contributed by atoms with Crippen LogP contribution in [-0.2, 0) is 17.4 Å². The van der Waals surface area contributed by atoms with Gasteiger partial charge < -0.3 is 21.7 Å². The number of hydrogen-bond acceptors (Lipinski definition) is 4. The minimum atomic E-state index is -4.62. The summed E-state index contributed by atoms with van der Waals surface area (Å²) in [7, 11) is 0. The van der Waals surface area contributed by atoms with Gasteiger partial charge in [-0.3, -0.25) is 9.59 Å². The molecule has 2 amide bonds. The topological polar surface area (TPSA) is 96.2 Å². The maximum Gasteiger partial charge on any atom is 0.416 e. The van der Waals surface area contributed by atoms with Crippen molar-refractivity contribution in [3.8, 4) is 0 Å². The summed E-state index contributed by atoms with van der Waals surface area (Å²) >= 11 is 3.21. The van der Waals surface area contributed by atoms with E-state index >= 15 is 0 Å². The van der Waals surface area contributed by atoms with Gasteiger partial charge in [0, 0.05) is 28.8 Å². The van der Waals surface area contributed by atoms with E-state index < -0.39 is 30.1 Å². The molecule has 0 radical (unpaired) electrons. The average molecular weight is 517 g/mol. The summed E-state index contributed by atoms with van der Waals surface area (Å²) in [6, 6.07) is 7.02. The van der Waals surface area contributed by atoms with Gasteiger partial charge in [0.25, 0.3) is 5.91 Å². The van der Waals surface area contributed by atoms with Gasteiger partial charge in [0.2, 0.25) is 5.91 Å². The number of carbonyl (C=O) groups is 2. The second-order valence-corrected chi connectivity index (χ2v) is 8.44. The molecule has 0 aliphatic carbocycles. The van der Waals surface area contributed by atoms with Crippen molar-refractivity contribution >= 4 is 33.4 Å². The summed E-state index contributed by atoms with van der Waals surface area (Å²) in [4.78, 5) is 24.4. The lowest BCUT2D eigenvalue weighted by Gasteiger charge is -2.14. The SMILES string of the molecule is Nc1ccc(C(F)(F)F)cc1C(=O)NCC(=O)NC1CNC(Cc2ccc(Br)cc2F)C1. The molecule has 3 rings (SSSR count). The van der Waals surface area contributed by atoms with Crippen LogP contribution in [0.1, 0.15) is 27.9 Å². The first-order chi connectivity index (χ1) is 15.0. The van der Waals surface area contributed by atoms with Crippen molar-refractivity contribution in [1.29, 1.82) is 0 Å². The molecule has 0 spiro atoms. The Morgan fingerprint density at radius 1 is 1.19 bits per heavy atom. The molecule has 172 valence electrons. The lowest BCUT2D eigenvalue weighted by Crippen LogP contribution is -2.42. The van der Waals surface area contributed by atoms with Crippen molar-refractivity contribution in [3.05, 3.63) is 63.4 Å². The highest BCUT2D eigenvalue weighted by atomic mass is 79.9. The number of hydrogen-bond donors (Lipinski definition) is 4. The highest BCUT2D eigenvalue weighted by molar-refractivity contribution is 9.10. The van der Waals surface area contributed by atoms with Crippen molar-refractivity contribution in [1.82, 2.24) is 16.0 Å². The largest absolute Gasteiger partial charge is 0.416 e. The van der Waals surface area contributed by atoms with Gasteiger partial charge in [-0.15, -0.1) is 0 Å². The third-order valence-corrected chi connectivity index (χ3v) is 5.60.